The van der Waals surface area contributed by atoms with E-state index in [0.29, 0.717) is 0 Å². The van der Waals surface area contributed by atoms with E-state index in [0.717, 1.165) is 42.9 Å². The number of hydrogen-bond acceptors (Lipinski definition) is 3. The normalized spacial score (nSPS) is 11.6. The van der Waals surface area contributed by atoms with Gasteiger partial charge in [0.2, 0.25) is 0 Å². The van der Waals surface area contributed by atoms with Crippen LogP contribution in [0.4, 0.5) is 5.69 Å². The van der Waals surface area contributed by atoms with Gasteiger partial charge in [-0.1, -0.05) is 33.8 Å². The van der Waals surface area contributed by atoms with E-state index >= 15 is 0 Å². The van der Waals surface area contributed by atoms with E-state index in [9.17, 15) is 0 Å². The van der Waals surface area contributed by atoms with Gasteiger partial charge in [-0.2, -0.15) is 0 Å². The van der Waals surface area contributed by atoms with Crippen molar-refractivity contribution in [3.05, 3.63) is 23.8 Å². The zero-order chi connectivity index (χ0) is 15.8. The zero-order valence-corrected chi connectivity index (χ0v) is 14.4. The van der Waals surface area contributed by atoms with Gasteiger partial charge in [-0.05, 0) is 49.4 Å². The summed E-state index contributed by atoms with van der Waals surface area (Å²) in [7, 11) is 1.67. The first-order valence-electron chi connectivity index (χ1n) is 8.07. The molecule has 0 heterocycles. The molecule has 0 atom stereocenters. The van der Waals surface area contributed by atoms with Gasteiger partial charge in [0.15, 0.2) is 0 Å². The summed E-state index contributed by atoms with van der Waals surface area (Å²) in [6, 6.07) is 6.00. The summed E-state index contributed by atoms with van der Waals surface area (Å²) in [5.41, 5.74) is 8.18. The molecule has 1 rings (SSSR count). The molecule has 0 aromatic heterocycles. The summed E-state index contributed by atoms with van der Waals surface area (Å²) in [5, 5.41) is 0. The average Bonchev–Trinajstić information content (AvgIpc) is 2.43. The fourth-order valence-electron chi connectivity index (χ4n) is 2.24. The Kier molecular flexibility index (Phi) is 7.58. The van der Waals surface area contributed by atoms with Crippen LogP contribution in [0.25, 0.3) is 0 Å². The minimum atomic E-state index is 0.736. The van der Waals surface area contributed by atoms with Gasteiger partial charge in [0.25, 0.3) is 0 Å². The standard InChI is InChI=1S/C18H32N2O/c1-14(2)8-10-20(11-9-15(3)4)13-16-6-7-17(21-5)12-18(16)19/h6-7,12,14-15H,8-11,13,19H2,1-5H3. The summed E-state index contributed by atoms with van der Waals surface area (Å²) in [4.78, 5) is 2.53. The Morgan fingerprint density at radius 2 is 1.62 bits per heavy atom. The van der Waals surface area contributed by atoms with E-state index in [4.69, 9.17) is 10.5 Å². The molecular weight excluding hydrogens is 260 g/mol. The van der Waals surface area contributed by atoms with Gasteiger partial charge >= 0.3 is 0 Å². The third-order valence-corrected chi connectivity index (χ3v) is 3.79. The first-order chi connectivity index (χ1) is 9.92. The van der Waals surface area contributed by atoms with Crippen LogP contribution in [0, 0.1) is 11.8 Å². The molecule has 3 heteroatoms. The summed E-state index contributed by atoms with van der Waals surface area (Å²) in [6.45, 7) is 12.3. The Bertz CT molecular complexity index is 404. The molecule has 21 heavy (non-hydrogen) atoms. The molecule has 0 saturated heterocycles. The lowest BCUT2D eigenvalue weighted by Gasteiger charge is -2.25. The van der Waals surface area contributed by atoms with E-state index in [2.05, 4.69) is 38.7 Å². The molecular formula is C18H32N2O. The van der Waals surface area contributed by atoms with Gasteiger partial charge in [0.1, 0.15) is 5.75 Å². The van der Waals surface area contributed by atoms with Crippen molar-refractivity contribution in [1.29, 1.82) is 0 Å². The van der Waals surface area contributed by atoms with Gasteiger partial charge < -0.3 is 10.5 Å². The van der Waals surface area contributed by atoms with Crippen molar-refractivity contribution in [3.63, 3.8) is 0 Å². The predicted molar refractivity (Wildman–Crippen MR) is 91.6 cm³/mol. The Morgan fingerprint density at radius 3 is 2.05 bits per heavy atom. The van der Waals surface area contributed by atoms with Crippen LogP contribution in [-0.2, 0) is 6.54 Å². The van der Waals surface area contributed by atoms with Gasteiger partial charge in [0.05, 0.1) is 7.11 Å². The second kappa shape index (κ2) is 8.93. The number of nitrogens with zero attached hydrogens (tertiary/aromatic N) is 1. The fraction of sp³-hybridized carbons (Fsp3) is 0.667. The fourth-order valence-corrected chi connectivity index (χ4v) is 2.24. The quantitative estimate of drug-likeness (QED) is 0.694. The molecule has 1 aromatic rings. The maximum Gasteiger partial charge on any atom is 0.120 e. The number of nitrogen functional groups attached to an aromatic ring is 1. The number of hydrogen-bond donors (Lipinski definition) is 1. The van der Waals surface area contributed by atoms with Crippen molar-refractivity contribution in [3.8, 4) is 5.75 Å². The molecule has 0 amide bonds. The molecule has 120 valence electrons. The highest BCUT2D eigenvalue weighted by atomic mass is 16.5. The number of ether oxygens (including phenoxy) is 1. The molecule has 3 nitrogen and oxygen atoms in total. The number of rotatable bonds is 9. The Hall–Kier alpha value is -1.22. The lowest BCUT2D eigenvalue weighted by Crippen LogP contribution is -2.27. The van der Waals surface area contributed by atoms with Crippen LogP contribution < -0.4 is 10.5 Å². The molecule has 0 aliphatic carbocycles. The van der Waals surface area contributed by atoms with Crippen LogP contribution in [0.2, 0.25) is 0 Å². The lowest BCUT2D eigenvalue weighted by molar-refractivity contribution is 0.236. The van der Waals surface area contributed by atoms with Crippen LogP contribution in [-0.4, -0.2) is 25.1 Å². The number of benzene rings is 1. The van der Waals surface area contributed by atoms with Crippen molar-refractivity contribution in [2.75, 3.05) is 25.9 Å². The van der Waals surface area contributed by atoms with Gasteiger partial charge in [-0.3, -0.25) is 4.90 Å². The second-order valence-corrected chi connectivity index (χ2v) is 6.71. The molecule has 1 aromatic carbocycles. The number of anilines is 1. The van der Waals surface area contributed by atoms with Crippen molar-refractivity contribution < 1.29 is 4.74 Å². The molecule has 0 aliphatic rings. The Labute approximate surface area is 130 Å². The highest BCUT2D eigenvalue weighted by Crippen LogP contribution is 2.21. The van der Waals surface area contributed by atoms with Crippen LogP contribution in [0.15, 0.2) is 18.2 Å². The highest BCUT2D eigenvalue weighted by Gasteiger charge is 2.10. The second-order valence-electron chi connectivity index (χ2n) is 6.71. The van der Waals surface area contributed by atoms with E-state index in [1.807, 2.05) is 12.1 Å². The van der Waals surface area contributed by atoms with Gasteiger partial charge in [-0.25, -0.2) is 0 Å². The first kappa shape index (κ1) is 17.8. The third kappa shape index (κ3) is 6.85. The smallest absolute Gasteiger partial charge is 0.120 e. The van der Waals surface area contributed by atoms with Crippen molar-refractivity contribution in [2.24, 2.45) is 11.8 Å². The molecule has 0 bridgehead atoms. The van der Waals surface area contributed by atoms with Gasteiger partial charge in [0, 0.05) is 18.3 Å². The summed E-state index contributed by atoms with van der Waals surface area (Å²) < 4.78 is 5.22. The van der Waals surface area contributed by atoms with E-state index in [1.54, 1.807) is 7.11 Å². The summed E-state index contributed by atoms with van der Waals surface area (Å²) >= 11 is 0. The summed E-state index contributed by atoms with van der Waals surface area (Å²) in [6.07, 6.45) is 2.46. The maximum atomic E-state index is 6.15. The largest absolute Gasteiger partial charge is 0.497 e. The number of nitrogens with two attached hydrogens (primary N) is 1. The molecule has 0 radical (unpaired) electrons. The van der Waals surface area contributed by atoms with Crippen LogP contribution >= 0.6 is 0 Å². The molecule has 0 aliphatic heterocycles. The lowest BCUT2D eigenvalue weighted by atomic mass is 10.1. The maximum absolute atomic E-state index is 6.15. The van der Waals surface area contributed by atoms with E-state index in [1.165, 1.54) is 18.4 Å². The van der Waals surface area contributed by atoms with Crippen LogP contribution in [0.5, 0.6) is 5.75 Å². The van der Waals surface area contributed by atoms with Crippen molar-refractivity contribution in [2.45, 2.75) is 47.1 Å². The third-order valence-electron chi connectivity index (χ3n) is 3.79. The van der Waals surface area contributed by atoms with Gasteiger partial charge in [-0.15, -0.1) is 0 Å². The zero-order valence-electron chi connectivity index (χ0n) is 14.4. The first-order valence-corrected chi connectivity index (χ1v) is 8.07. The minimum absolute atomic E-state index is 0.736. The van der Waals surface area contributed by atoms with Crippen LogP contribution in [0.1, 0.15) is 46.1 Å². The van der Waals surface area contributed by atoms with Crippen LogP contribution in [0.3, 0.4) is 0 Å². The Balaban J connectivity index is 2.69. The molecule has 0 fully saturated rings. The molecule has 0 spiro atoms. The average molecular weight is 292 g/mol. The van der Waals surface area contributed by atoms with E-state index in [-0.39, 0.29) is 0 Å². The monoisotopic (exact) mass is 292 g/mol. The molecule has 0 saturated carbocycles. The Morgan fingerprint density at radius 1 is 1.05 bits per heavy atom. The summed E-state index contributed by atoms with van der Waals surface area (Å²) in [5.74, 6) is 2.30. The predicted octanol–water partition coefficient (Wildman–Crippen LogP) is 4.17. The van der Waals surface area contributed by atoms with Crippen molar-refractivity contribution >= 4 is 5.69 Å². The highest BCUT2D eigenvalue weighted by molar-refractivity contribution is 5.51. The van der Waals surface area contributed by atoms with Crippen molar-refractivity contribution in [1.82, 2.24) is 4.90 Å². The van der Waals surface area contributed by atoms with E-state index < -0.39 is 0 Å². The SMILES string of the molecule is COc1ccc(CN(CCC(C)C)CCC(C)C)c(N)c1. The topological polar surface area (TPSA) is 38.5 Å². The minimum Gasteiger partial charge on any atom is -0.497 e. The molecule has 2 N–H and O–H groups in total. The molecule has 0 unspecified atom stereocenters. The number of methoxy groups -OCH3 is 1.